The number of fused-ring (bicyclic) bond motifs is 2. The highest BCUT2D eigenvalue weighted by Gasteiger charge is 2.23. The first-order chi connectivity index (χ1) is 16.9. The Kier molecular flexibility index (Phi) is 5.74. The molecule has 0 aliphatic carbocycles. The molecule has 0 unspecified atom stereocenters. The van der Waals surface area contributed by atoms with Gasteiger partial charge in [0.1, 0.15) is 11.3 Å². The number of pyridine rings is 1. The quantitative estimate of drug-likeness (QED) is 0.363. The number of amides is 1. The molecule has 0 aliphatic rings. The van der Waals surface area contributed by atoms with Gasteiger partial charge in [-0.1, -0.05) is 29.4 Å². The number of hydrogen-bond donors (Lipinski definition) is 1. The first-order valence-corrected chi connectivity index (χ1v) is 11.2. The fourth-order valence-corrected chi connectivity index (χ4v) is 4.14. The monoisotopic (exact) mass is 469 g/mol. The maximum absolute atomic E-state index is 13.1. The van der Waals surface area contributed by atoms with E-state index in [1.807, 2.05) is 56.3 Å². The van der Waals surface area contributed by atoms with Gasteiger partial charge in [-0.05, 0) is 56.2 Å². The summed E-state index contributed by atoms with van der Waals surface area (Å²) in [5.41, 5.74) is 4.06. The molecule has 0 aliphatic heterocycles. The third kappa shape index (κ3) is 4.23. The Morgan fingerprint density at radius 1 is 1.11 bits per heavy atom. The molecule has 0 atom stereocenters. The van der Waals surface area contributed by atoms with Gasteiger partial charge in [0.25, 0.3) is 0 Å². The van der Waals surface area contributed by atoms with Gasteiger partial charge in [-0.2, -0.15) is 9.78 Å². The molecule has 0 bridgehead atoms. The Bertz CT molecular complexity index is 1580. The van der Waals surface area contributed by atoms with Crippen molar-refractivity contribution in [2.45, 2.75) is 27.2 Å². The third-order valence-corrected chi connectivity index (χ3v) is 5.64. The van der Waals surface area contributed by atoms with Crippen molar-refractivity contribution in [1.82, 2.24) is 19.9 Å². The molecule has 0 saturated carbocycles. The van der Waals surface area contributed by atoms with Gasteiger partial charge < -0.3 is 14.6 Å². The van der Waals surface area contributed by atoms with Crippen LogP contribution in [0.15, 0.2) is 59.3 Å². The molecule has 0 spiro atoms. The molecular weight excluding hydrogens is 446 g/mol. The molecule has 9 heteroatoms. The second-order valence-corrected chi connectivity index (χ2v) is 8.21. The van der Waals surface area contributed by atoms with Crippen LogP contribution in [-0.4, -0.2) is 38.4 Å². The number of benzene rings is 2. The minimum absolute atomic E-state index is 0.0461. The van der Waals surface area contributed by atoms with E-state index < -0.39 is 5.97 Å². The number of carbonyl (C=O) groups is 2. The molecule has 5 aromatic rings. The normalized spacial score (nSPS) is 11.2. The van der Waals surface area contributed by atoms with Crippen molar-refractivity contribution in [3.05, 3.63) is 77.1 Å². The summed E-state index contributed by atoms with van der Waals surface area (Å²) >= 11 is 0. The molecule has 2 aromatic carbocycles. The fraction of sp³-hybridized carbons (Fsp3) is 0.192. The van der Waals surface area contributed by atoms with Crippen LogP contribution in [0.2, 0.25) is 0 Å². The smallest absolute Gasteiger partial charge is 0.343 e. The van der Waals surface area contributed by atoms with Crippen molar-refractivity contribution >= 4 is 39.6 Å². The first kappa shape index (κ1) is 22.3. The maximum atomic E-state index is 13.1. The van der Waals surface area contributed by atoms with E-state index in [4.69, 9.17) is 9.26 Å². The van der Waals surface area contributed by atoms with Gasteiger partial charge in [0.05, 0.1) is 24.7 Å². The van der Waals surface area contributed by atoms with Gasteiger partial charge in [0, 0.05) is 10.8 Å². The van der Waals surface area contributed by atoms with Crippen LogP contribution >= 0.6 is 0 Å². The first-order valence-electron chi connectivity index (χ1n) is 11.2. The van der Waals surface area contributed by atoms with Gasteiger partial charge in [-0.25, -0.2) is 9.78 Å². The third-order valence-electron chi connectivity index (χ3n) is 5.64. The number of anilines is 1. The van der Waals surface area contributed by atoms with E-state index in [1.54, 1.807) is 13.0 Å². The lowest BCUT2D eigenvalue weighted by molar-refractivity contribution is -0.115. The van der Waals surface area contributed by atoms with E-state index >= 15 is 0 Å². The Labute approximate surface area is 200 Å². The molecule has 1 amide bonds. The number of ether oxygens (including phenoxy) is 1. The SMILES string of the molecule is CCOC(=O)c1cnn(-c2ccc3ccccc3n2)c1NC(=O)Cc1noc2cc(C)cc(C)c12. The Hall–Kier alpha value is -4.53. The highest BCUT2D eigenvalue weighted by Crippen LogP contribution is 2.26. The average Bonchev–Trinajstić information content (AvgIpc) is 3.43. The van der Waals surface area contributed by atoms with Gasteiger partial charge in [0.2, 0.25) is 5.91 Å². The maximum Gasteiger partial charge on any atom is 0.343 e. The van der Waals surface area contributed by atoms with Gasteiger partial charge in [0.15, 0.2) is 17.2 Å². The number of para-hydroxylation sites is 1. The molecule has 176 valence electrons. The van der Waals surface area contributed by atoms with Crippen molar-refractivity contribution in [3.8, 4) is 5.82 Å². The zero-order valence-electron chi connectivity index (χ0n) is 19.5. The van der Waals surface area contributed by atoms with Crippen LogP contribution in [0.4, 0.5) is 5.82 Å². The number of nitrogens with zero attached hydrogens (tertiary/aromatic N) is 4. The van der Waals surface area contributed by atoms with E-state index in [1.165, 1.54) is 10.9 Å². The standard InChI is InChI=1S/C26H23N5O4/c1-4-34-26(33)18-14-27-31(22-10-9-17-7-5-6-8-19(17)28-22)25(18)29-23(32)13-20-24-16(3)11-15(2)12-21(24)35-30-20/h5-12,14H,4,13H2,1-3H3,(H,29,32). The molecule has 3 heterocycles. The lowest BCUT2D eigenvalue weighted by atomic mass is 10.0. The van der Waals surface area contributed by atoms with Crippen LogP contribution in [0.25, 0.3) is 27.7 Å². The van der Waals surface area contributed by atoms with Crippen LogP contribution in [0.5, 0.6) is 0 Å². The second kappa shape index (κ2) is 9.02. The number of rotatable bonds is 6. The Morgan fingerprint density at radius 3 is 2.77 bits per heavy atom. The summed E-state index contributed by atoms with van der Waals surface area (Å²) in [4.78, 5) is 30.4. The number of hydrogen-bond acceptors (Lipinski definition) is 7. The van der Waals surface area contributed by atoms with Crippen molar-refractivity contribution in [2.75, 3.05) is 11.9 Å². The van der Waals surface area contributed by atoms with Crippen LogP contribution < -0.4 is 5.32 Å². The highest BCUT2D eigenvalue weighted by atomic mass is 16.5. The van der Waals surface area contributed by atoms with Gasteiger partial charge in [-0.15, -0.1) is 0 Å². The van der Waals surface area contributed by atoms with Crippen molar-refractivity contribution in [2.24, 2.45) is 0 Å². The summed E-state index contributed by atoms with van der Waals surface area (Å²) in [6.07, 6.45) is 1.32. The minimum Gasteiger partial charge on any atom is -0.462 e. The lowest BCUT2D eigenvalue weighted by Crippen LogP contribution is -2.20. The molecule has 0 saturated heterocycles. The summed E-state index contributed by atoms with van der Waals surface area (Å²) in [6, 6.07) is 15.2. The largest absolute Gasteiger partial charge is 0.462 e. The average molecular weight is 470 g/mol. The van der Waals surface area contributed by atoms with Crippen LogP contribution in [0.1, 0.15) is 34.1 Å². The predicted molar refractivity (Wildman–Crippen MR) is 131 cm³/mol. The molecule has 9 nitrogen and oxygen atoms in total. The molecule has 5 rings (SSSR count). The number of esters is 1. The fourth-order valence-electron chi connectivity index (χ4n) is 4.14. The summed E-state index contributed by atoms with van der Waals surface area (Å²) < 4.78 is 12.0. The zero-order chi connectivity index (χ0) is 24.5. The van der Waals surface area contributed by atoms with Crippen molar-refractivity contribution < 1.29 is 18.8 Å². The number of nitrogens with one attached hydrogen (secondary N) is 1. The summed E-state index contributed by atoms with van der Waals surface area (Å²) in [6.45, 7) is 5.83. The van der Waals surface area contributed by atoms with Crippen LogP contribution in [0.3, 0.4) is 0 Å². The second-order valence-electron chi connectivity index (χ2n) is 8.21. The van der Waals surface area contributed by atoms with E-state index in [2.05, 4.69) is 20.6 Å². The zero-order valence-corrected chi connectivity index (χ0v) is 19.5. The Morgan fingerprint density at radius 2 is 1.94 bits per heavy atom. The number of aromatic nitrogens is 4. The van der Waals surface area contributed by atoms with Crippen LogP contribution in [0, 0.1) is 13.8 Å². The van der Waals surface area contributed by atoms with Crippen molar-refractivity contribution in [3.63, 3.8) is 0 Å². The van der Waals surface area contributed by atoms with Gasteiger partial charge in [-0.3, -0.25) is 4.79 Å². The molecule has 35 heavy (non-hydrogen) atoms. The molecule has 3 aromatic heterocycles. The topological polar surface area (TPSA) is 112 Å². The van der Waals surface area contributed by atoms with E-state index in [9.17, 15) is 9.59 Å². The number of aryl methyl sites for hydroxylation is 2. The molecule has 0 fully saturated rings. The summed E-state index contributed by atoms with van der Waals surface area (Å²) in [7, 11) is 0. The lowest BCUT2D eigenvalue weighted by Gasteiger charge is -2.11. The van der Waals surface area contributed by atoms with Crippen molar-refractivity contribution in [1.29, 1.82) is 0 Å². The van der Waals surface area contributed by atoms with Crippen LogP contribution in [-0.2, 0) is 16.0 Å². The van der Waals surface area contributed by atoms with E-state index in [-0.39, 0.29) is 30.3 Å². The highest BCUT2D eigenvalue weighted by molar-refractivity contribution is 6.02. The minimum atomic E-state index is -0.590. The van der Waals surface area contributed by atoms with Gasteiger partial charge >= 0.3 is 5.97 Å². The number of carbonyl (C=O) groups excluding carboxylic acids is 2. The molecule has 1 N–H and O–H groups in total. The Balaban J connectivity index is 1.50. The summed E-state index contributed by atoms with van der Waals surface area (Å²) in [5.74, 6) is -0.342. The molecular formula is C26H23N5O4. The van der Waals surface area contributed by atoms with E-state index in [0.717, 1.165) is 27.4 Å². The summed E-state index contributed by atoms with van der Waals surface area (Å²) in [5, 5.41) is 13.0. The predicted octanol–water partition coefficient (Wildman–Crippen LogP) is 4.54. The van der Waals surface area contributed by atoms with E-state index in [0.29, 0.717) is 17.1 Å². The molecule has 0 radical (unpaired) electrons.